The highest BCUT2D eigenvalue weighted by molar-refractivity contribution is 8.01. The van der Waals surface area contributed by atoms with E-state index in [4.69, 9.17) is 4.55 Å². The molecule has 0 spiro atoms. The summed E-state index contributed by atoms with van der Waals surface area (Å²) < 4.78 is 33.0. The average molecular weight is 573 g/mol. The number of hydrogen-bond donors (Lipinski definition) is 5. The average Bonchev–Trinajstić information content (AvgIpc) is 3.33. The molecular weight excluding hydrogens is 552 g/mol. The normalized spacial score (nSPS) is 22.3. The standard InChI is InChI=1S/C18H20N8O8S3/c27-9-1-3-19-8(5-9)6-12(28)21-13-15(29)26-14(17(30)31)10(7-35-16(13)26)11(2-4-20-37(32,33)34)36-18-22-24-25-23-18/h3,5,11,13,16,20H,1-2,4,6-7H2,(H,21,28)(H,30,31)(H,32,33,34)(H,22,23,24,25)/t11?,13?,16-/m0/s1. The molecule has 2 unspecified atom stereocenters. The van der Waals surface area contributed by atoms with E-state index in [0.717, 1.165) is 16.7 Å². The lowest BCUT2D eigenvalue weighted by molar-refractivity contribution is -0.150. The Balaban J connectivity index is 1.51. The van der Waals surface area contributed by atoms with E-state index in [1.807, 2.05) is 4.72 Å². The van der Waals surface area contributed by atoms with Gasteiger partial charge in [-0.2, -0.15) is 13.1 Å². The van der Waals surface area contributed by atoms with Crippen molar-refractivity contribution in [3.05, 3.63) is 23.0 Å². The van der Waals surface area contributed by atoms with Gasteiger partial charge >= 0.3 is 16.3 Å². The Hall–Kier alpha value is -3.13. The summed E-state index contributed by atoms with van der Waals surface area (Å²) in [5.74, 6) is -2.57. The summed E-state index contributed by atoms with van der Waals surface area (Å²) in [5.41, 5.74) is 0.314. The number of carboxylic acid groups (broad SMARTS) is 1. The van der Waals surface area contributed by atoms with Crippen molar-refractivity contribution in [3.63, 3.8) is 0 Å². The van der Waals surface area contributed by atoms with Gasteiger partial charge in [0.15, 0.2) is 5.78 Å². The maximum atomic E-state index is 13.0. The van der Waals surface area contributed by atoms with Crippen molar-refractivity contribution < 1.29 is 37.3 Å². The van der Waals surface area contributed by atoms with Crippen LogP contribution in [0, 0.1) is 0 Å². The molecule has 1 aromatic heterocycles. The largest absolute Gasteiger partial charge is 0.477 e. The first-order chi connectivity index (χ1) is 17.5. The molecule has 0 saturated carbocycles. The van der Waals surface area contributed by atoms with Crippen molar-refractivity contribution in [2.24, 2.45) is 4.99 Å². The van der Waals surface area contributed by atoms with Crippen LogP contribution in [0.15, 0.2) is 33.2 Å². The number of carbonyl (C=O) groups is 4. The molecule has 5 N–H and O–H groups in total. The van der Waals surface area contributed by atoms with E-state index in [2.05, 4.69) is 30.9 Å². The van der Waals surface area contributed by atoms with Gasteiger partial charge in [-0.15, -0.1) is 16.9 Å². The molecule has 3 aliphatic rings. The van der Waals surface area contributed by atoms with E-state index in [1.165, 1.54) is 24.1 Å². The van der Waals surface area contributed by atoms with Crippen molar-refractivity contribution in [2.45, 2.75) is 41.1 Å². The lowest BCUT2D eigenvalue weighted by Gasteiger charge is -2.50. The number of aromatic nitrogens is 4. The number of aromatic amines is 1. The number of tetrazole rings is 1. The quantitative estimate of drug-likeness (QED) is 0.115. The van der Waals surface area contributed by atoms with Crippen LogP contribution >= 0.6 is 23.5 Å². The number of nitrogens with one attached hydrogen (secondary N) is 3. The summed E-state index contributed by atoms with van der Waals surface area (Å²) in [6.07, 6.45) is 2.66. The Labute approximate surface area is 217 Å². The van der Waals surface area contributed by atoms with Gasteiger partial charge in [0.05, 0.1) is 12.1 Å². The third kappa shape index (κ3) is 6.42. The number of carbonyl (C=O) groups excluding carboxylic acids is 3. The maximum absolute atomic E-state index is 13.0. The number of allylic oxidation sites excluding steroid dienone is 1. The number of thioether (sulfide) groups is 2. The van der Waals surface area contributed by atoms with E-state index >= 15 is 0 Å². The fourth-order valence-electron chi connectivity index (χ4n) is 3.87. The topological polar surface area (TPSA) is 237 Å². The Bertz CT molecular complexity index is 1310. The number of hydrogen-bond acceptors (Lipinski definition) is 12. The minimum atomic E-state index is -4.47. The number of carboxylic acids is 1. The molecule has 2 amide bonds. The Morgan fingerprint density at radius 2 is 2.14 bits per heavy atom. The molecule has 4 heterocycles. The van der Waals surface area contributed by atoms with Gasteiger partial charge in [-0.3, -0.25) is 28.8 Å². The van der Waals surface area contributed by atoms with E-state index in [0.29, 0.717) is 5.57 Å². The molecule has 0 aromatic carbocycles. The molecule has 4 rings (SSSR count). The minimum Gasteiger partial charge on any atom is -0.477 e. The molecule has 198 valence electrons. The smallest absolute Gasteiger partial charge is 0.352 e. The first kappa shape index (κ1) is 26.9. The summed E-state index contributed by atoms with van der Waals surface area (Å²) in [7, 11) is -4.47. The molecule has 0 aliphatic carbocycles. The SMILES string of the molecule is O=C1C=C(CC(=O)NC2C(=O)N3C(C(=O)O)=C(C(CCNS(=O)(=O)O)Sc4nnn[nH]4)CS[C@@H]23)N=CC1. The van der Waals surface area contributed by atoms with Gasteiger partial charge in [-0.05, 0) is 22.4 Å². The van der Waals surface area contributed by atoms with Crippen LogP contribution in [0.2, 0.25) is 0 Å². The maximum Gasteiger partial charge on any atom is 0.352 e. The number of amides is 2. The van der Waals surface area contributed by atoms with Crippen molar-refractivity contribution in [2.75, 3.05) is 12.3 Å². The van der Waals surface area contributed by atoms with Crippen LogP contribution in [0.3, 0.4) is 0 Å². The van der Waals surface area contributed by atoms with Crippen LogP contribution in [-0.2, 0) is 29.5 Å². The molecule has 0 bridgehead atoms. The fraction of sp³-hybridized carbons (Fsp3) is 0.444. The minimum absolute atomic E-state index is 0.0407. The third-order valence-corrected chi connectivity index (χ3v) is 8.47. The zero-order valence-electron chi connectivity index (χ0n) is 18.7. The second kappa shape index (κ2) is 11.1. The van der Waals surface area contributed by atoms with Gasteiger partial charge in [0.2, 0.25) is 11.1 Å². The van der Waals surface area contributed by atoms with Crippen LogP contribution in [0.4, 0.5) is 0 Å². The Kier molecular flexibility index (Phi) is 8.07. The molecule has 0 radical (unpaired) electrons. The van der Waals surface area contributed by atoms with Crippen LogP contribution in [0.1, 0.15) is 19.3 Å². The first-order valence-corrected chi connectivity index (χ1v) is 14.0. The molecule has 1 fully saturated rings. The van der Waals surface area contributed by atoms with Crippen LogP contribution in [-0.4, -0.2) is 102 Å². The number of fused-ring (bicyclic) bond motifs is 1. The predicted molar refractivity (Wildman–Crippen MR) is 128 cm³/mol. The summed E-state index contributed by atoms with van der Waals surface area (Å²) in [6.45, 7) is -0.226. The highest BCUT2D eigenvalue weighted by Gasteiger charge is 2.54. The van der Waals surface area contributed by atoms with Gasteiger partial charge in [-0.25, -0.2) is 9.89 Å². The zero-order valence-corrected chi connectivity index (χ0v) is 21.2. The van der Waals surface area contributed by atoms with Crippen LogP contribution in [0.5, 0.6) is 0 Å². The number of nitrogens with zero attached hydrogens (tertiary/aromatic N) is 5. The third-order valence-electron chi connectivity index (χ3n) is 5.40. The number of aliphatic imine (C=N–C) groups is 1. The lowest BCUT2D eigenvalue weighted by atomic mass is 10.00. The molecule has 19 heteroatoms. The molecule has 16 nitrogen and oxygen atoms in total. The number of β-lactam (4-membered cyclic amide) rings is 1. The van der Waals surface area contributed by atoms with Crippen molar-refractivity contribution in [3.8, 4) is 0 Å². The monoisotopic (exact) mass is 572 g/mol. The number of H-pyrrole nitrogens is 1. The number of rotatable bonds is 11. The van der Waals surface area contributed by atoms with Crippen LogP contribution < -0.4 is 10.0 Å². The highest BCUT2D eigenvalue weighted by atomic mass is 32.2. The Morgan fingerprint density at radius 1 is 1.35 bits per heavy atom. The molecular formula is C18H20N8O8S3. The molecule has 37 heavy (non-hydrogen) atoms. The second-order valence-electron chi connectivity index (χ2n) is 7.90. The fourth-order valence-corrected chi connectivity index (χ4v) is 6.79. The number of aliphatic carboxylic acids is 1. The van der Waals surface area contributed by atoms with Gasteiger partial charge in [0, 0.05) is 36.3 Å². The van der Waals surface area contributed by atoms with Crippen LogP contribution in [0.25, 0.3) is 0 Å². The van der Waals surface area contributed by atoms with Gasteiger partial charge in [-0.1, -0.05) is 11.8 Å². The zero-order chi connectivity index (χ0) is 26.7. The van der Waals surface area contributed by atoms with Crippen molar-refractivity contribution >= 4 is 63.6 Å². The summed E-state index contributed by atoms with van der Waals surface area (Å²) >= 11 is 2.27. The van der Waals surface area contributed by atoms with E-state index in [-0.39, 0.29) is 53.9 Å². The summed E-state index contributed by atoms with van der Waals surface area (Å²) in [6, 6.07) is -0.969. The van der Waals surface area contributed by atoms with E-state index in [9.17, 15) is 32.7 Å². The predicted octanol–water partition coefficient (Wildman–Crippen LogP) is -1.50. The second-order valence-corrected chi connectivity index (χ2v) is 11.4. The van der Waals surface area contributed by atoms with Gasteiger partial charge < -0.3 is 10.4 Å². The molecule has 1 saturated heterocycles. The summed E-state index contributed by atoms with van der Waals surface area (Å²) in [4.78, 5) is 54.2. The number of ketones is 1. The molecule has 1 aromatic rings. The van der Waals surface area contributed by atoms with Crippen molar-refractivity contribution in [1.82, 2.24) is 35.6 Å². The van der Waals surface area contributed by atoms with Crippen molar-refractivity contribution in [1.29, 1.82) is 0 Å². The highest BCUT2D eigenvalue weighted by Crippen LogP contribution is 2.44. The first-order valence-electron chi connectivity index (χ1n) is 10.6. The van der Waals surface area contributed by atoms with Gasteiger partial charge in [0.25, 0.3) is 5.91 Å². The van der Waals surface area contributed by atoms with E-state index < -0.39 is 44.8 Å². The lowest BCUT2D eigenvalue weighted by Crippen LogP contribution is -2.70. The molecule has 3 aliphatic heterocycles. The molecule has 3 atom stereocenters. The van der Waals surface area contributed by atoms with E-state index in [1.54, 1.807) is 0 Å². The Morgan fingerprint density at radius 3 is 2.78 bits per heavy atom. The summed E-state index contributed by atoms with van der Waals surface area (Å²) in [5, 5.41) is 24.6. The van der Waals surface area contributed by atoms with Gasteiger partial charge in [0.1, 0.15) is 17.1 Å².